The van der Waals surface area contributed by atoms with Crippen LogP contribution in [-0.2, 0) is 14.3 Å². The first-order valence-electron chi connectivity index (χ1n) is 15.1. The molecule has 0 aromatic rings. The van der Waals surface area contributed by atoms with Crippen molar-refractivity contribution >= 4 is 5.97 Å². The van der Waals surface area contributed by atoms with Crippen LogP contribution < -0.4 is 0 Å². The summed E-state index contributed by atoms with van der Waals surface area (Å²) in [5, 5.41) is 33.4. The summed E-state index contributed by atoms with van der Waals surface area (Å²) in [5.74, 6) is 0.785. The zero-order valence-electron chi connectivity index (χ0n) is 24.9. The van der Waals surface area contributed by atoms with Gasteiger partial charge in [0.1, 0.15) is 6.10 Å². The lowest BCUT2D eigenvalue weighted by atomic mass is 9.38. The van der Waals surface area contributed by atoms with Crippen molar-refractivity contribution in [2.75, 3.05) is 0 Å². The molecule has 6 heteroatoms. The summed E-state index contributed by atoms with van der Waals surface area (Å²) < 4.78 is 11.8. The van der Waals surface area contributed by atoms with Crippen LogP contribution in [0.3, 0.4) is 0 Å². The fourth-order valence-corrected chi connectivity index (χ4v) is 10.7. The molecule has 38 heavy (non-hydrogen) atoms. The Morgan fingerprint density at radius 3 is 2.39 bits per heavy atom. The van der Waals surface area contributed by atoms with Crippen molar-refractivity contribution in [1.29, 1.82) is 0 Å². The van der Waals surface area contributed by atoms with Crippen LogP contribution >= 0.6 is 0 Å². The number of esters is 1. The van der Waals surface area contributed by atoms with Crippen LogP contribution in [0, 0.1) is 45.3 Å². The van der Waals surface area contributed by atoms with E-state index in [9.17, 15) is 20.1 Å². The van der Waals surface area contributed by atoms with Crippen LogP contribution in [0.25, 0.3) is 0 Å². The molecule has 11 atom stereocenters. The summed E-state index contributed by atoms with van der Waals surface area (Å²) in [7, 11) is 0. The Bertz CT molecular complexity index is 981. The summed E-state index contributed by atoms with van der Waals surface area (Å²) in [6.45, 7) is 16.7. The van der Waals surface area contributed by atoms with Crippen LogP contribution in [0.15, 0.2) is 11.6 Å². The summed E-state index contributed by atoms with van der Waals surface area (Å²) in [6.07, 6.45) is 7.83. The van der Waals surface area contributed by atoms with Gasteiger partial charge < -0.3 is 24.8 Å². The number of carbonyl (C=O) groups is 1. The number of carbonyl (C=O) groups excluding carboxylic acids is 1. The standard InChI is InChI=1S/C32H52O6/c1-18(33)37-26-12-13-30(6)23-10-9-22-20(21-15-19(38-27(21)35)17-28(2,3)36)11-14-31(22,7)32(23,8)25(34)16-24(30)29(26,4)5/h10,19-22,24-27,34-36H,9,11-17H2,1-8H3/t19-,20-,21-,22-,24+,25-,26+,27+,30-,31-,32+/m1/s1. The fraction of sp³-hybridized carbons (Fsp3) is 0.906. The normalized spacial score (nSPS) is 50.0. The van der Waals surface area contributed by atoms with E-state index in [1.165, 1.54) is 12.5 Å². The average Bonchev–Trinajstić information content (AvgIpc) is 3.31. The highest BCUT2D eigenvalue weighted by Crippen LogP contribution is 2.74. The summed E-state index contributed by atoms with van der Waals surface area (Å²) >= 11 is 0. The van der Waals surface area contributed by atoms with E-state index in [0.29, 0.717) is 24.7 Å². The van der Waals surface area contributed by atoms with Crippen LogP contribution in [0.4, 0.5) is 0 Å². The van der Waals surface area contributed by atoms with E-state index in [1.54, 1.807) is 13.8 Å². The minimum atomic E-state index is -0.820. The number of hydrogen-bond donors (Lipinski definition) is 3. The molecule has 1 aliphatic heterocycles. The SMILES string of the molecule is CC(=O)O[C@H]1CC[C@]2(C)C3=CC[C@@H]4[C@@H]([C@H]5C[C@H](CC(C)(C)O)O[C@@H]5O)CC[C@@]4(C)[C@]3(C)[C@H](O)C[C@H]2C1(C)C. The first-order valence-corrected chi connectivity index (χ1v) is 15.1. The lowest BCUT2D eigenvalue weighted by Gasteiger charge is -2.68. The van der Waals surface area contributed by atoms with E-state index < -0.39 is 18.0 Å². The average molecular weight is 533 g/mol. The quantitative estimate of drug-likeness (QED) is 0.332. The first-order chi connectivity index (χ1) is 17.4. The van der Waals surface area contributed by atoms with Gasteiger partial charge in [0, 0.05) is 30.1 Å². The zero-order valence-corrected chi connectivity index (χ0v) is 24.9. The van der Waals surface area contributed by atoms with Crippen molar-refractivity contribution in [2.45, 2.75) is 137 Å². The molecule has 6 nitrogen and oxygen atoms in total. The van der Waals surface area contributed by atoms with Crippen molar-refractivity contribution in [3.63, 3.8) is 0 Å². The molecule has 0 aromatic carbocycles. The van der Waals surface area contributed by atoms with Gasteiger partial charge in [-0.3, -0.25) is 4.79 Å². The molecule has 1 heterocycles. The van der Waals surface area contributed by atoms with Crippen molar-refractivity contribution in [2.24, 2.45) is 45.3 Å². The summed E-state index contributed by atoms with van der Waals surface area (Å²) in [5.41, 5.74) is -0.0745. The van der Waals surface area contributed by atoms with Gasteiger partial charge in [0.05, 0.1) is 17.8 Å². The predicted molar refractivity (Wildman–Crippen MR) is 146 cm³/mol. The van der Waals surface area contributed by atoms with E-state index in [2.05, 4.69) is 40.7 Å². The highest BCUT2D eigenvalue weighted by atomic mass is 16.6. The molecule has 0 spiro atoms. The maximum absolute atomic E-state index is 12.1. The number of fused-ring (bicyclic) bond motifs is 5. The molecule has 3 saturated carbocycles. The van der Waals surface area contributed by atoms with Crippen molar-refractivity contribution in [3.05, 3.63) is 11.6 Å². The Morgan fingerprint density at radius 1 is 1.08 bits per heavy atom. The van der Waals surface area contributed by atoms with E-state index in [4.69, 9.17) is 9.47 Å². The lowest BCUT2D eigenvalue weighted by Crippen LogP contribution is -2.64. The number of aliphatic hydroxyl groups is 3. The van der Waals surface area contributed by atoms with Gasteiger partial charge in [0.25, 0.3) is 0 Å². The monoisotopic (exact) mass is 532 g/mol. The van der Waals surface area contributed by atoms with E-state index in [1.807, 2.05) is 0 Å². The van der Waals surface area contributed by atoms with E-state index in [0.717, 1.165) is 38.5 Å². The maximum atomic E-state index is 12.1. The van der Waals surface area contributed by atoms with Crippen LogP contribution in [0.1, 0.15) is 107 Å². The molecule has 0 radical (unpaired) electrons. The highest BCUT2D eigenvalue weighted by Gasteiger charge is 2.69. The third kappa shape index (κ3) is 4.06. The van der Waals surface area contributed by atoms with Gasteiger partial charge in [-0.2, -0.15) is 0 Å². The molecule has 0 aromatic heterocycles. The molecule has 3 N–H and O–H groups in total. The second-order valence-electron chi connectivity index (χ2n) is 15.5. The van der Waals surface area contributed by atoms with Gasteiger partial charge >= 0.3 is 5.97 Å². The number of ether oxygens (including phenoxy) is 2. The van der Waals surface area contributed by atoms with E-state index in [-0.39, 0.29) is 51.7 Å². The molecule has 5 rings (SSSR count). The molecular formula is C32H52O6. The Morgan fingerprint density at radius 2 is 1.76 bits per heavy atom. The zero-order chi connectivity index (χ0) is 28.1. The molecule has 5 aliphatic rings. The molecule has 0 bridgehead atoms. The second kappa shape index (κ2) is 9.03. The van der Waals surface area contributed by atoms with Gasteiger partial charge in [-0.15, -0.1) is 0 Å². The Hall–Kier alpha value is -0.950. The van der Waals surface area contributed by atoms with Gasteiger partial charge in [-0.25, -0.2) is 0 Å². The summed E-state index contributed by atoms with van der Waals surface area (Å²) in [4.78, 5) is 11.9. The van der Waals surface area contributed by atoms with Crippen LogP contribution in [0.5, 0.6) is 0 Å². The minimum Gasteiger partial charge on any atom is -0.462 e. The molecule has 0 amide bonds. The van der Waals surface area contributed by atoms with Gasteiger partial charge in [-0.05, 0) is 87.4 Å². The molecular weight excluding hydrogens is 480 g/mol. The Balaban J connectivity index is 1.45. The topological polar surface area (TPSA) is 96.2 Å². The third-order valence-corrected chi connectivity index (χ3v) is 12.6. The van der Waals surface area contributed by atoms with Crippen molar-refractivity contribution < 1.29 is 29.6 Å². The smallest absolute Gasteiger partial charge is 0.302 e. The molecule has 0 unspecified atom stereocenters. The van der Waals surface area contributed by atoms with Crippen LogP contribution in [-0.4, -0.2) is 51.5 Å². The van der Waals surface area contributed by atoms with Gasteiger partial charge in [-0.1, -0.05) is 46.3 Å². The van der Waals surface area contributed by atoms with Crippen LogP contribution in [0.2, 0.25) is 0 Å². The molecule has 4 aliphatic carbocycles. The molecule has 216 valence electrons. The number of rotatable bonds is 4. The highest BCUT2D eigenvalue weighted by molar-refractivity contribution is 5.66. The fourth-order valence-electron chi connectivity index (χ4n) is 10.7. The Labute approximate surface area is 229 Å². The van der Waals surface area contributed by atoms with Crippen molar-refractivity contribution in [1.82, 2.24) is 0 Å². The number of hydrogen-bond acceptors (Lipinski definition) is 6. The number of allylic oxidation sites excluding steroid dienone is 1. The van der Waals surface area contributed by atoms with Gasteiger partial charge in [0.15, 0.2) is 6.29 Å². The Kier molecular flexibility index (Phi) is 6.79. The summed E-state index contributed by atoms with van der Waals surface area (Å²) in [6, 6.07) is 0. The maximum Gasteiger partial charge on any atom is 0.302 e. The van der Waals surface area contributed by atoms with E-state index >= 15 is 0 Å². The lowest BCUT2D eigenvalue weighted by molar-refractivity contribution is -0.190. The second-order valence-corrected chi connectivity index (χ2v) is 15.5. The minimum absolute atomic E-state index is 0.0476. The van der Waals surface area contributed by atoms with Crippen molar-refractivity contribution in [3.8, 4) is 0 Å². The number of aliphatic hydroxyl groups excluding tert-OH is 2. The first kappa shape index (κ1) is 28.6. The predicted octanol–water partition coefficient (Wildman–Crippen LogP) is 5.38. The third-order valence-electron chi connectivity index (χ3n) is 12.6. The molecule has 4 fully saturated rings. The van der Waals surface area contributed by atoms with Gasteiger partial charge in [0.2, 0.25) is 0 Å². The largest absolute Gasteiger partial charge is 0.462 e. The molecule has 1 saturated heterocycles.